The molecule has 2 saturated heterocycles. The standard InChI is InChI=1S/C18H32N4O2S/c1-4-16(23)21-13-11-20(12-14-21)9-7-5-6-8-10-22-15(2)17(24)19(3)18(22)25/h15H,4-14H2,1-3H3. The third-order valence-electron chi connectivity index (χ3n) is 5.34. The lowest BCUT2D eigenvalue weighted by atomic mass is 10.1. The van der Waals surface area contributed by atoms with Gasteiger partial charge in [0.05, 0.1) is 0 Å². The van der Waals surface area contributed by atoms with Crippen LogP contribution in [0, 0.1) is 0 Å². The first-order valence-electron chi connectivity index (χ1n) is 9.54. The monoisotopic (exact) mass is 368 g/mol. The van der Waals surface area contributed by atoms with Gasteiger partial charge in [0.25, 0.3) is 5.91 Å². The summed E-state index contributed by atoms with van der Waals surface area (Å²) in [5.74, 6) is 0.378. The first-order valence-corrected chi connectivity index (χ1v) is 9.94. The van der Waals surface area contributed by atoms with E-state index in [1.54, 1.807) is 11.9 Å². The molecule has 0 radical (unpaired) electrons. The molecule has 0 spiro atoms. The zero-order valence-electron chi connectivity index (χ0n) is 15.9. The highest BCUT2D eigenvalue weighted by atomic mass is 32.1. The average molecular weight is 369 g/mol. The molecule has 6 nitrogen and oxygen atoms in total. The number of piperazine rings is 1. The van der Waals surface area contributed by atoms with Crippen LogP contribution < -0.4 is 0 Å². The molecule has 2 amide bonds. The van der Waals surface area contributed by atoms with Gasteiger partial charge in [0.2, 0.25) is 5.91 Å². The lowest BCUT2D eigenvalue weighted by Gasteiger charge is -2.34. The van der Waals surface area contributed by atoms with E-state index in [2.05, 4.69) is 4.90 Å². The van der Waals surface area contributed by atoms with Crippen molar-refractivity contribution in [3.8, 4) is 0 Å². The zero-order valence-corrected chi connectivity index (χ0v) is 16.7. The van der Waals surface area contributed by atoms with E-state index in [1.165, 1.54) is 12.8 Å². The fourth-order valence-corrected chi connectivity index (χ4v) is 3.91. The van der Waals surface area contributed by atoms with Crippen molar-refractivity contribution in [3.63, 3.8) is 0 Å². The number of amides is 2. The lowest BCUT2D eigenvalue weighted by Crippen LogP contribution is -2.48. The minimum absolute atomic E-state index is 0.102. The Labute approximate surface area is 157 Å². The summed E-state index contributed by atoms with van der Waals surface area (Å²) in [4.78, 5) is 31.6. The number of carbonyl (C=O) groups is 2. The molecule has 0 bridgehead atoms. The van der Waals surface area contributed by atoms with Crippen LogP contribution in [0.5, 0.6) is 0 Å². The number of likely N-dealkylation sites (N-methyl/N-ethyl adjacent to an activating group) is 1. The summed E-state index contributed by atoms with van der Waals surface area (Å²) >= 11 is 5.34. The normalized spacial score (nSPS) is 22.2. The van der Waals surface area contributed by atoms with Crippen LogP contribution in [-0.4, -0.2) is 88.9 Å². The quantitative estimate of drug-likeness (QED) is 0.481. The van der Waals surface area contributed by atoms with E-state index in [9.17, 15) is 9.59 Å². The minimum Gasteiger partial charge on any atom is -0.340 e. The Kier molecular flexibility index (Phi) is 7.62. The van der Waals surface area contributed by atoms with Crippen molar-refractivity contribution in [1.29, 1.82) is 0 Å². The van der Waals surface area contributed by atoms with E-state index in [1.807, 2.05) is 23.6 Å². The Balaban J connectivity index is 1.54. The van der Waals surface area contributed by atoms with Gasteiger partial charge in [0, 0.05) is 46.2 Å². The number of hydrogen-bond acceptors (Lipinski definition) is 4. The van der Waals surface area contributed by atoms with Gasteiger partial charge in [0.15, 0.2) is 5.11 Å². The van der Waals surface area contributed by atoms with Crippen LogP contribution in [0.4, 0.5) is 0 Å². The van der Waals surface area contributed by atoms with Crippen LogP contribution in [0.25, 0.3) is 0 Å². The fourth-order valence-electron chi connectivity index (χ4n) is 3.57. The highest BCUT2D eigenvalue weighted by molar-refractivity contribution is 7.80. The van der Waals surface area contributed by atoms with Gasteiger partial charge in [-0.05, 0) is 38.5 Å². The lowest BCUT2D eigenvalue weighted by molar-refractivity contribution is -0.132. The molecule has 1 unspecified atom stereocenters. The highest BCUT2D eigenvalue weighted by Gasteiger charge is 2.36. The van der Waals surface area contributed by atoms with Gasteiger partial charge in [-0.15, -0.1) is 0 Å². The predicted octanol–water partition coefficient (Wildman–Crippen LogP) is 1.55. The van der Waals surface area contributed by atoms with Crippen molar-refractivity contribution >= 4 is 29.1 Å². The molecule has 0 aromatic rings. The third-order valence-corrected chi connectivity index (χ3v) is 5.85. The van der Waals surface area contributed by atoms with Crippen LogP contribution in [0.1, 0.15) is 46.0 Å². The smallest absolute Gasteiger partial charge is 0.250 e. The van der Waals surface area contributed by atoms with Crippen molar-refractivity contribution < 1.29 is 9.59 Å². The van der Waals surface area contributed by atoms with Gasteiger partial charge in [-0.1, -0.05) is 19.8 Å². The van der Waals surface area contributed by atoms with E-state index >= 15 is 0 Å². The summed E-state index contributed by atoms with van der Waals surface area (Å²) in [5.41, 5.74) is 0. The van der Waals surface area contributed by atoms with Crippen molar-refractivity contribution in [2.45, 2.75) is 52.0 Å². The SMILES string of the molecule is CCC(=O)N1CCN(CCCCCCN2C(=S)N(C)C(=O)C2C)CC1. The molecule has 0 aromatic carbocycles. The molecule has 2 aliphatic rings. The Morgan fingerprint density at radius 3 is 2.20 bits per heavy atom. The molecule has 0 N–H and O–H groups in total. The van der Waals surface area contributed by atoms with Gasteiger partial charge in [0.1, 0.15) is 6.04 Å². The van der Waals surface area contributed by atoms with Gasteiger partial charge in [-0.3, -0.25) is 19.4 Å². The summed E-state index contributed by atoms with van der Waals surface area (Å²) in [7, 11) is 1.76. The Morgan fingerprint density at radius 1 is 1.08 bits per heavy atom. The molecule has 2 heterocycles. The molecule has 1 atom stereocenters. The van der Waals surface area contributed by atoms with Gasteiger partial charge >= 0.3 is 0 Å². The van der Waals surface area contributed by atoms with Gasteiger partial charge in [-0.2, -0.15) is 0 Å². The van der Waals surface area contributed by atoms with Crippen molar-refractivity contribution in [2.75, 3.05) is 46.3 Å². The van der Waals surface area contributed by atoms with E-state index < -0.39 is 0 Å². The molecular formula is C18H32N4O2S. The maximum Gasteiger partial charge on any atom is 0.250 e. The molecule has 2 aliphatic heterocycles. The summed E-state index contributed by atoms with van der Waals surface area (Å²) < 4.78 is 0. The Hall–Kier alpha value is -1.21. The fraction of sp³-hybridized carbons (Fsp3) is 0.833. The van der Waals surface area contributed by atoms with Crippen molar-refractivity contribution in [3.05, 3.63) is 0 Å². The summed E-state index contributed by atoms with van der Waals surface area (Å²) in [6, 6.07) is -0.111. The van der Waals surface area contributed by atoms with Crippen LogP contribution in [-0.2, 0) is 9.59 Å². The highest BCUT2D eigenvalue weighted by Crippen LogP contribution is 2.17. The largest absolute Gasteiger partial charge is 0.340 e. The second kappa shape index (κ2) is 9.48. The predicted molar refractivity (Wildman–Crippen MR) is 103 cm³/mol. The molecule has 2 rings (SSSR count). The maximum atomic E-state index is 11.9. The molecule has 7 heteroatoms. The van der Waals surface area contributed by atoms with E-state index in [4.69, 9.17) is 12.2 Å². The Morgan fingerprint density at radius 2 is 1.68 bits per heavy atom. The molecular weight excluding hydrogens is 336 g/mol. The second-order valence-electron chi connectivity index (χ2n) is 7.04. The summed E-state index contributed by atoms with van der Waals surface area (Å²) in [6.07, 6.45) is 5.25. The van der Waals surface area contributed by atoms with Crippen LogP contribution in [0.2, 0.25) is 0 Å². The van der Waals surface area contributed by atoms with Gasteiger partial charge < -0.3 is 9.80 Å². The second-order valence-corrected chi connectivity index (χ2v) is 7.40. The number of carbonyl (C=O) groups excluding carboxylic acids is 2. The molecule has 0 aliphatic carbocycles. The van der Waals surface area contributed by atoms with Crippen LogP contribution in [0.3, 0.4) is 0 Å². The maximum absolute atomic E-state index is 11.9. The van der Waals surface area contributed by atoms with E-state index in [0.29, 0.717) is 11.5 Å². The topological polar surface area (TPSA) is 47.1 Å². The van der Waals surface area contributed by atoms with Crippen molar-refractivity contribution in [1.82, 2.24) is 19.6 Å². The number of hydrogen-bond donors (Lipinski definition) is 0. The molecule has 0 aromatic heterocycles. The molecule has 2 fully saturated rings. The summed E-state index contributed by atoms with van der Waals surface area (Å²) in [5, 5.41) is 0.664. The number of nitrogens with zero attached hydrogens (tertiary/aromatic N) is 4. The van der Waals surface area contributed by atoms with Gasteiger partial charge in [-0.25, -0.2) is 0 Å². The Bertz CT molecular complexity index is 491. The first kappa shape index (κ1) is 20.1. The zero-order chi connectivity index (χ0) is 18.4. The summed E-state index contributed by atoms with van der Waals surface area (Å²) in [6.45, 7) is 9.59. The minimum atomic E-state index is -0.111. The molecule has 142 valence electrons. The van der Waals surface area contributed by atoms with Crippen molar-refractivity contribution in [2.24, 2.45) is 0 Å². The number of thiocarbonyl (C=S) groups is 1. The number of unbranched alkanes of at least 4 members (excludes halogenated alkanes) is 3. The van der Waals surface area contributed by atoms with Crippen LogP contribution >= 0.6 is 12.2 Å². The first-order chi connectivity index (χ1) is 12.0. The molecule has 25 heavy (non-hydrogen) atoms. The van der Waals surface area contributed by atoms with Crippen LogP contribution in [0.15, 0.2) is 0 Å². The third kappa shape index (κ3) is 5.14. The van der Waals surface area contributed by atoms with E-state index in [0.717, 1.165) is 52.1 Å². The molecule has 0 saturated carbocycles. The number of rotatable bonds is 8. The van der Waals surface area contributed by atoms with E-state index in [-0.39, 0.29) is 17.9 Å². The average Bonchev–Trinajstić information content (AvgIpc) is 2.81.